The van der Waals surface area contributed by atoms with Gasteiger partial charge in [0.2, 0.25) is 0 Å². The summed E-state index contributed by atoms with van der Waals surface area (Å²) in [6.45, 7) is 1.95. The van der Waals surface area contributed by atoms with Gasteiger partial charge in [-0.1, -0.05) is 11.6 Å². The van der Waals surface area contributed by atoms with E-state index in [2.05, 4.69) is 4.98 Å². The van der Waals surface area contributed by atoms with Gasteiger partial charge in [-0.05, 0) is 30.9 Å². The molecular formula is C12H14ClNO3. The molecule has 17 heavy (non-hydrogen) atoms. The Kier molecular flexibility index (Phi) is 4.34. The molecule has 0 N–H and O–H groups in total. The predicted octanol–water partition coefficient (Wildman–Crippen LogP) is 2.32. The highest BCUT2D eigenvalue weighted by atomic mass is 35.5. The highest BCUT2D eigenvalue weighted by molar-refractivity contribution is 6.29. The Hall–Kier alpha value is -1.13. The molecule has 0 unspecified atom stereocenters. The molecule has 4 nitrogen and oxygen atoms in total. The molecule has 5 heteroatoms. The number of esters is 1. The lowest BCUT2D eigenvalue weighted by atomic mass is 10.0. The molecule has 0 bridgehead atoms. The number of halogens is 1. The van der Waals surface area contributed by atoms with Gasteiger partial charge in [-0.3, -0.25) is 0 Å². The topological polar surface area (TPSA) is 48.4 Å². The monoisotopic (exact) mass is 255 g/mol. The summed E-state index contributed by atoms with van der Waals surface area (Å²) in [7, 11) is 0. The second kappa shape index (κ2) is 5.98. The van der Waals surface area contributed by atoms with Gasteiger partial charge in [0.05, 0.1) is 12.2 Å². The van der Waals surface area contributed by atoms with E-state index in [9.17, 15) is 4.79 Å². The molecular weight excluding hydrogens is 242 g/mol. The molecule has 1 saturated heterocycles. The molecule has 0 aromatic carbocycles. The summed E-state index contributed by atoms with van der Waals surface area (Å²) in [6.07, 6.45) is 3.39. The summed E-state index contributed by atoms with van der Waals surface area (Å²) >= 11 is 5.70. The smallest absolute Gasteiger partial charge is 0.338 e. The molecule has 0 saturated carbocycles. The summed E-state index contributed by atoms with van der Waals surface area (Å²) in [6, 6.07) is 3.10. The number of hydrogen-bond acceptors (Lipinski definition) is 4. The van der Waals surface area contributed by atoms with Crippen molar-refractivity contribution in [2.45, 2.75) is 12.8 Å². The first kappa shape index (κ1) is 12.3. The van der Waals surface area contributed by atoms with Crippen molar-refractivity contribution in [2.24, 2.45) is 5.92 Å². The number of carbonyl (C=O) groups excluding carboxylic acids is 1. The number of carbonyl (C=O) groups is 1. The lowest BCUT2D eigenvalue weighted by Gasteiger charge is -2.21. The number of pyridine rings is 1. The number of rotatable bonds is 3. The minimum absolute atomic E-state index is 0.297. The van der Waals surface area contributed by atoms with Gasteiger partial charge in [-0.2, -0.15) is 0 Å². The van der Waals surface area contributed by atoms with E-state index >= 15 is 0 Å². The van der Waals surface area contributed by atoms with E-state index in [4.69, 9.17) is 21.1 Å². The summed E-state index contributed by atoms with van der Waals surface area (Å²) in [4.78, 5) is 15.5. The maximum atomic E-state index is 11.7. The van der Waals surface area contributed by atoms with Gasteiger partial charge >= 0.3 is 5.97 Å². The fourth-order valence-electron chi connectivity index (χ4n) is 1.72. The Balaban J connectivity index is 1.84. The van der Waals surface area contributed by atoms with E-state index in [1.54, 1.807) is 6.07 Å². The van der Waals surface area contributed by atoms with Crippen LogP contribution in [0.2, 0.25) is 5.15 Å². The molecule has 1 aliphatic heterocycles. The zero-order chi connectivity index (χ0) is 12.1. The van der Waals surface area contributed by atoms with Gasteiger partial charge in [-0.15, -0.1) is 0 Å². The van der Waals surface area contributed by atoms with Gasteiger partial charge in [0.25, 0.3) is 0 Å². The molecule has 92 valence electrons. The van der Waals surface area contributed by atoms with Crippen LogP contribution in [0.1, 0.15) is 23.2 Å². The molecule has 0 spiro atoms. The molecule has 1 aliphatic rings. The standard InChI is InChI=1S/C12H14ClNO3/c13-11-7-10(1-4-14-11)12(15)17-8-9-2-5-16-6-3-9/h1,4,7,9H,2-3,5-6,8H2. The third-order valence-electron chi connectivity index (χ3n) is 2.75. The first-order valence-electron chi connectivity index (χ1n) is 5.62. The van der Waals surface area contributed by atoms with Crippen molar-refractivity contribution in [1.29, 1.82) is 0 Å². The number of hydrogen-bond donors (Lipinski definition) is 0. The zero-order valence-electron chi connectivity index (χ0n) is 9.39. The van der Waals surface area contributed by atoms with E-state index in [1.807, 2.05) is 0 Å². The largest absolute Gasteiger partial charge is 0.462 e. The minimum Gasteiger partial charge on any atom is -0.462 e. The molecule has 0 aliphatic carbocycles. The third-order valence-corrected chi connectivity index (χ3v) is 2.96. The second-order valence-electron chi connectivity index (χ2n) is 4.02. The molecule has 0 amide bonds. The van der Waals surface area contributed by atoms with Gasteiger partial charge in [-0.25, -0.2) is 9.78 Å². The lowest BCUT2D eigenvalue weighted by Crippen LogP contribution is -2.21. The van der Waals surface area contributed by atoms with Crippen LogP contribution in [-0.4, -0.2) is 30.8 Å². The molecule has 1 fully saturated rings. The van der Waals surface area contributed by atoms with E-state index in [0.717, 1.165) is 26.1 Å². The van der Waals surface area contributed by atoms with Crippen LogP contribution in [0.15, 0.2) is 18.3 Å². The predicted molar refractivity (Wildman–Crippen MR) is 63.1 cm³/mol. The SMILES string of the molecule is O=C(OCC1CCOCC1)c1ccnc(Cl)c1. The maximum Gasteiger partial charge on any atom is 0.338 e. The van der Waals surface area contributed by atoms with Crippen LogP contribution < -0.4 is 0 Å². The Morgan fingerprint density at radius 2 is 2.29 bits per heavy atom. The summed E-state index contributed by atoms with van der Waals surface area (Å²) in [5.41, 5.74) is 0.442. The van der Waals surface area contributed by atoms with Gasteiger partial charge in [0.15, 0.2) is 0 Å². The quantitative estimate of drug-likeness (QED) is 0.614. The van der Waals surface area contributed by atoms with Gasteiger partial charge in [0, 0.05) is 19.4 Å². The van der Waals surface area contributed by atoms with E-state index < -0.39 is 0 Å². The van der Waals surface area contributed by atoms with Crippen LogP contribution in [0.5, 0.6) is 0 Å². The summed E-state index contributed by atoms with van der Waals surface area (Å²) in [5.74, 6) is 0.0609. The molecule has 0 atom stereocenters. The summed E-state index contributed by atoms with van der Waals surface area (Å²) in [5, 5.41) is 0.297. The zero-order valence-corrected chi connectivity index (χ0v) is 10.2. The minimum atomic E-state index is -0.346. The van der Waals surface area contributed by atoms with Crippen molar-refractivity contribution < 1.29 is 14.3 Å². The van der Waals surface area contributed by atoms with E-state index in [-0.39, 0.29) is 5.97 Å². The van der Waals surface area contributed by atoms with Crippen LogP contribution in [0.4, 0.5) is 0 Å². The van der Waals surface area contributed by atoms with E-state index in [1.165, 1.54) is 12.3 Å². The van der Waals surface area contributed by atoms with Crippen LogP contribution in [0, 0.1) is 5.92 Å². The highest BCUT2D eigenvalue weighted by Gasteiger charge is 2.16. The fraction of sp³-hybridized carbons (Fsp3) is 0.500. The Labute approximate surface area is 105 Å². The van der Waals surface area contributed by atoms with Crippen molar-refractivity contribution in [1.82, 2.24) is 4.98 Å². The van der Waals surface area contributed by atoms with Crippen LogP contribution in [-0.2, 0) is 9.47 Å². The first-order valence-corrected chi connectivity index (χ1v) is 6.00. The first-order chi connectivity index (χ1) is 8.25. The molecule has 2 rings (SSSR count). The average molecular weight is 256 g/mol. The van der Waals surface area contributed by atoms with Gasteiger partial charge in [0.1, 0.15) is 5.15 Å². The molecule has 0 radical (unpaired) electrons. The van der Waals surface area contributed by atoms with Crippen LogP contribution in [0.25, 0.3) is 0 Å². The van der Waals surface area contributed by atoms with Crippen LogP contribution >= 0.6 is 11.6 Å². The molecule has 2 heterocycles. The van der Waals surface area contributed by atoms with Crippen molar-refractivity contribution in [2.75, 3.05) is 19.8 Å². The van der Waals surface area contributed by atoms with Crippen molar-refractivity contribution in [3.63, 3.8) is 0 Å². The maximum absolute atomic E-state index is 11.7. The number of aromatic nitrogens is 1. The second-order valence-corrected chi connectivity index (χ2v) is 4.41. The van der Waals surface area contributed by atoms with Crippen LogP contribution in [0.3, 0.4) is 0 Å². The third kappa shape index (κ3) is 3.68. The van der Waals surface area contributed by atoms with Crippen molar-refractivity contribution in [3.8, 4) is 0 Å². The highest BCUT2D eigenvalue weighted by Crippen LogP contribution is 2.16. The number of nitrogens with zero attached hydrogens (tertiary/aromatic N) is 1. The lowest BCUT2D eigenvalue weighted by molar-refractivity contribution is 0.0185. The van der Waals surface area contributed by atoms with E-state index in [0.29, 0.717) is 23.2 Å². The van der Waals surface area contributed by atoms with Crippen molar-refractivity contribution >= 4 is 17.6 Å². The Bertz CT molecular complexity index is 391. The summed E-state index contributed by atoms with van der Waals surface area (Å²) < 4.78 is 10.5. The van der Waals surface area contributed by atoms with Crippen molar-refractivity contribution in [3.05, 3.63) is 29.0 Å². The molecule has 1 aromatic heterocycles. The Morgan fingerprint density at radius 1 is 1.53 bits per heavy atom. The average Bonchev–Trinajstić information content (AvgIpc) is 2.37. The molecule has 1 aromatic rings. The van der Waals surface area contributed by atoms with Gasteiger partial charge < -0.3 is 9.47 Å². The number of ether oxygens (including phenoxy) is 2. The fourth-order valence-corrected chi connectivity index (χ4v) is 1.89. The normalized spacial score (nSPS) is 16.8. The Morgan fingerprint density at radius 3 is 3.00 bits per heavy atom.